The van der Waals surface area contributed by atoms with E-state index in [9.17, 15) is 9.59 Å². The Morgan fingerprint density at radius 1 is 0.970 bits per heavy atom. The molecule has 2 aromatic carbocycles. The molecule has 0 N–H and O–H groups in total. The molecule has 0 saturated heterocycles. The van der Waals surface area contributed by atoms with Crippen LogP contribution in [0.1, 0.15) is 48.4 Å². The summed E-state index contributed by atoms with van der Waals surface area (Å²) in [6.07, 6.45) is 0.596. The van der Waals surface area contributed by atoms with Crippen molar-refractivity contribution in [1.29, 1.82) is 0 Å². The molecular formula is C26H30O7. The lowest BCUT2D eigenvalue weighted by Gasteiger charge is -2.14. The Labute approximate surface area is 193 Å². The van der Waals surface area contributed by atoms with E-state index in [1.807, 2.05) is 19.1 Å². The van der Waals surface area contributed by atoms with Crippen LogP contribution >= 0.6 is 0 Å². The van der Waals surface area contributed by atoms with Gasteiger partial charge < -0.3 is 23.4 Å². The number of carbonyl (C=O) groups excluding carboxylic acids is 1. The second kappa shape index (κ2) is 10.4. The molecule has 3 aromatic rings. The first-order valence-corrected chi connectivity index (χ1v) is 10.8. The summed E-state index contributed by atoms with van der Waals surface area (Å²) < 4.78 is 26.9. The minimum Gasteiger partial charge on any atom is -0.493 e. The molecule has 0 amide bonds. The molecule has 1 heterocycles. The van der Waals surface area contributed by atoms with Crippen molar-refractivity contribution in [3.05, 3.63) is 63.0 Å². The van der Waals surface area contributed by atoms with Crippen LogP contribution in [0.25, 0.3) is 11.0 Å². The number of aryl methyl sites for hydroxylation is 2. The predicted molar refractivity (Wildman–Crippen MR) is 126 cm³/mol. The molecule has 3 rings (SSSR count). The molecule has 0 spiro atoms. The van der Waals surface area contributed by atoms with Crippen LogP contribution < -0.4 is 19.8 Å². The van der Waals surface area contributed by atoms with Crippen LogP contribution in [-0.2, 0) is 22.6 Å². The standard InChI is InChI=1S/C26H30O7/c1-15(2)19-13-20-18(12-25(28)33-21(20)9-16(19)3)14-32-24(27)8-7-17-10-22(29-4)26(31-6)23(11-17)30-5/h9-13,15H,7-8,14H2,1-6H3. The minimum absolute atomic E-state index is 0.00319. The highest BCUT2D eigenvalue weighted by atomic mass is 16.5. The van der Waals surface area contributed by atoms with E-state index in [4.69, 9.17) is 23.4 Å². The number of hydrogen-bond donors (Lipinski definition) is 0. The van der Waals surface area contributed by atoms with Gasteiger partial charge in [-0.1, -0.05) is 13.8 Å². The van der Waals surface area contributed by atoms with E-state index >= 15 is 0 Å². The van der Waals surface area contributed by atoms with Crippen LogP contribution in [0.3, 0.4) is 0 Å². The van der Waals surface area contributed by atoms with Gasteiger partial charge in [-0.25, -0.2) is 4.79 Å². The van der Waals surface area contributed by atoms with E-state index in [0.29, 0.717) is 40.7 Å². The van der Waals surface area contributed by atoms with Crippen molar-refractivity contribution < 1.29 is 28.2 Å². The number of methoxy groups -OCH3 is 3. The van der Waals surface area contributed by atoms with Crippen molar-refractivity contribution in [2.24, 2.45) is 0 Å². The summed E-state index contributed by atoms with van der Waals surface area (Å²) in [5, 5.41) is 0.779. The fourth-order valence-electron chi connectivity index (χ4n) is 3.89. The summed E-state index contributed by atoms with van der Waals surface area (Å²) in [6.45, 7) is 6.20. The maximum atomic E-state index is 12.5. The highest BCUT2D eigenvalue weighted by molar-refractivity contribution is 5.82. The van der Waals surface area contributed by atoms with Gasteiger partial charge in [0.05, 0.1) is 21.3 Å². The van der Waals surface area contributed by atoms with Gasteiger partial charge >= 0.3 is 11.6 Å². The van der Waals surface area contributed by atoms with Gasteiger partial charge in [-0.3, -0.25) is 4.79 Å². The first-order chi connectivity index (χ1) is 15.8. The molecule has 7 heteroatoms. The number of rotatable bonds is 9. The zero-order valence-electron chi connectivity index (χ0n) is 19.9. The fraction of sp³-hybridized carbons (Fsp3) is 0.385. The second-order valence-corrected chi connectivity index (χ2v) is 8.14. The third-order valence-electron chi connectivity index (χ3n) is 5.57. The molecular weight excluding hydrogens is 424 g/mol. The Kier molecular flexibility index (Phi) is 7.63. The van der Waals surface area contributed by atoms with Crippen LogP contribution in [0.5, 0.6) is 17.2 Å². The Bertz CT molecular complexity index is 1180. The maximum Gasteiger partial charge on any atom is 0.336 e. The number of hydrogen-bond acceptors (Lipinski definition) is 7. The smallest absolute Gasteiger partial charge is 0.336 e. The van der Waals surface area contributed by atoms with Crippen LogP contribution in [0.15, 0.2) is 39.5 Å². The van der Waals surface area contributed by atoms with E-state index in [2.05, 4.69) is 13.8 Å². The number of ether oxygens (including phenoxy) is 4. The molecule has 0 bridgehead atoms. The lowest BCUT2D eigenvalue weighted by Crippen LogP contribution is -2.09. The highest BCUT2D eigenvalue weighted by Gasteiger charge is 2.16. The van der Waals surface area contributed by atoms with Gasteiger partial charge in [0.1, 0.15) is 12.2 Å². The zero-order chi connectivity index (χ0) is 24.1. The first-order valence-electron chi connectivity index (χ1n) is 10.8. The van der Waals surface area contributed by atoms with Crippen molar-refractivity contribution in [3.63, 3.8) is 0 Å². The number of esters is 1. The number of carbonyl (C=O) groups is 1. The lowest BCUT2D eigenvalue weighted by atomic mass is 9.95. The van der Waals surface area contributed by atoms with Crippen molar-refractivity contribution in [2.75, 3.05) is 21.3 Å². The van der Waals surface area contributed by atoms with Crippen LogP contribution in [0.4, 0.5) is 0 Å². The lowest BCUT2D eigenvalue weighted by molar-refractivity contribution is -0.144. The fourth-order valence-corrected chi connectivity index (χ4v) is 3.89. The van der Waals surface area contributed by atoms with Gasteiger partial charge in [-0.05, 0) is 60.2 Å². The Morgan fingerprint density at radius 2 is 1.64 bits per heavy atom. The molecule has 0 aliphatic heterocycles. The Hall–Kier alpha value is -3.48. The second-order valence-electron chi connectivity index (χ2n) is 8.14. The number of benzene rings is 2. The van der Waals surface area contributed by atoms with Crippen molar-refractivity contribution in [3.8, 4) is 17.2 Å². The summed E-state index contributed by atoms with van der Waals surface area (Å²) in [6, 6.07) is 8.87. The third-order valence-corrected chi connectivity index (χ3v) is 5.57. The molecule has 0 aliphatic carbocycles. The van der Waals surface area contributed by atoms with Crippen molar-refractivity contribution in [2.45, 2.75) is 46.1 Å². The van der Waals surface area contributed by atoms with Gasteiger partial charge in [-0.15, -0.1) is 0 Å². The zero-order valence-corrected chi connectivity index (χ0v) is 19.9. The van der Waals surface area contributed by atoms with Crippen LogP contribution in [0, 0.1) is 6.92 Å². The molecule has 7 nitrogen and oxygen atoms in total. The van der Waals surface area contributed by atoms with Gasteiger partial charge in [0, 0.05) is 23.4 Å². The van der Waals surface area contributed by atoms with E-state index in [1.165, 1.54) is 13.2 Å². The first kappa shape index (κ1) is 24.2. The van der Waals surface area contributed by atoms with E-state index in [1.54, 1.807) is 26.4 Å². The average molecular weight is 455 g/mol. The molecule has 1 aromatic heterocycles. The largest absolute Gasteiger partial charge is 0.493 e. The molecule has 0 fully saturated rings. The van der Waals surface area contributed by atoms with E-state index < -0.39 is 5.63 Å². The molecule has 176 valence electrons. The molecule has 0 unspecified atom stereocenters. The normalized spacial score (nSPS) is 11.0. The quantitative estimate of drug-likeness (QED) is 0.335. The maximum absolute atomic E-state index is 12.5. The number of fused-ring (bicyclic) bond motifs is 1. The minimum atomic E-state index is -0.470. The van der Waals surface area contributed by atoms with E-state index in [-0.39, 0.29) is 19.0 Å². The topological polar surface area (TPSA) is 84.2 Å². The Morgan fingerprint density at radius 3 is 2.21 bits per heavy atom. The van der Waals surface area contributed by atoms with Crippen molar-refractivity contribution in [1.82, 2.24) is 0 Å². The summed E-state index contributed by atoms with van der Waals surface area (Å²) in [5.74, 6) is 1.49. The van der Waals surface area contributed by atoms with E-state index in [0.717, 1.165) is 22.1 Å². The predicted octanol–water partition coefficient (Wildman–Crippen LogP) is 4.93. The van der Waals surface area contributed by atoms with Gasteiger partial charge in [0.15, 0.2) is 11.5 Å². The molecule has 0 radical (unpaired) electrons. The molecule has 0 aliphatic rings. The molecule has 0 saturated carbocycles. The van der Waals surface area contributed by atoms with Crippen molar-refractivity contribution >= 4 is 16.9 Å². The van der Waals surface area contributed by atoms with Crippen LogP contribution in [0.2, 0.25) is 0 Å². The molecule has 33 heavy (non-hydrogen) atoms. The van der Waals surface area contributed by atoms with Gasteiger partial charge in [-0.2, -0.15) is 0 Å². The third kappa shape index (κ3) is 5.48. The Balaban J connectivity index is 1.74. The average Bonchev–Trinajstić information content (AvgIpc) is 2.79. The summed E-state index contributed by atoms with van der Waals surface area (Å²) in [5.41, 5.74) is 3.72. The highest BCUT2D eigenvalue weighted by Crippen LogP contribution is 2.38. The summed E-state index contributed by atoms with van der Waals surface area (Å²) >= 11 is 0. The SMILES string of the molecule is COc1cc(CCC(=O)OCc2cc(=O)oc3cc(C)c(C(C)C)cc23)cc(OC)c1OC. The molecule has 0 atom stereocenters. The monoisotopic (exact) mass is 454 g/mol. The summed E-state index contributed by atoms with van der Waals surface area (Å²) in [7, 11) is 4.63. The summed E-state index contributed by atoms with van der Waals surface area (Å²) in [4.78, 5) is 24.5. The van der Waals surface area contributed by atoms with Crippen LogP contribution in [-0.4, -0.2) is 27.3 Å². The van der Waals surface area contributed by atoms with Gasteiger partial charge in [0.25, 0.3) is 0 Å². The van der Waals surface area contributed by atoms with Gasteiger partial charge in [0.2, 0.25) is 5.75 Å².